The molecule has 0 aliphatic rings. The monoisotopic (exact) mass is 345 g/mol. The van der Waals surface area contributed by atoms with Gasteiger partial charge in [0.1, 0.15) is 11.6 Å². The van der Waals surface area contributed by atoms with Gasteiger partial charge < -0.3 is 15.2 Å². The topological polar surface area (TPSA) is 98.6 Å². The van der Waals surface area contributed by atoms with Gasteiger partial charge in [-0.25, -0.2) is 4.79 Å². The van der Waals surface area contributed by atoms with Crippen molar-refractivity contribution in [2.24, 2.45) is 11.8 Å². The summed E-state index contributed by atoms with van der Waals surface area (Å²) >= 11 is 0. The van der Waals surface area contributed by atoms with Crippen LogP contribution in [-0.4, -0.2) is 52.7 Å². The highest BCUT2D eigenvalue weighted by molar-refractivity contribution is 5.89. The van der Waals surface area contributed by atoms with Gasteiger partial charge in [-0.3, -0.25) is 9.69 Å². The second-order valence-electron chi connectivity index (χ2n) is 7.52. The lowest BCUT2D eigenvalue weighted by Crippen LogP contribution is -2.56. The molecule has 0 aromatic heterocycles. The minimum absolute atomic E-state index is 0.129. The Hall–Kier alpha value is -1.79. The van der Waals surface area contributed by atoms with Crippen molar-refractivity contribution in [1.82, 2.24) is 10.2 Å². The first-order valence-electron chi connectivity index (χ1n) is 8.33. The summed E-state index contributed by atoms with van der Waals surface area (Å²) in [4.78, 5) is 37.7. The minimum Gasteiger partial charge on any atom is -0.563 e. The summed E-state index contributed by atoms with van der Waals surface area (Å²) in [7, 11) is 1.51. The van der Waals surface area contributed by atoms with E-state index in [2.05, 4.69) is 5.32 Å². The molecule has 2 amide bonds. The minimum atomic E-state index is -0.893. The number of likely N-dealkylation sites (N-methyl/N-ethyl adjacent to an activating group) is 1. The van der Waals surface area contributed by atoms with Crippen LogP contribution in [0.1, 0.15) is 54.9 Å². The number of amides is 2. The van der Waals surface area contributed by atoms with Crippen LogP contribution in [0.4, 0.5) is 4.79 Å². The Morgan fingerprint density at radius 1 is 1.17 bits per heavy atom. The summed E-state index contributed by atoms with van der Waals surface area (Å²) in [5.74, 6) is -1.63. The van der Waals surface area contributed by atoms with Gasteiger partial charge >= 0.3 is 12.1 Å². The van der Waals surface area contributed by atoms with E-state index in [1.807, 2.05) is 13.8 Å². The van der Waals surface area contributed by atoms with E-state index < -0.39 is 35.7 Å². The molecule has 0 unspecified atom stereocenters. The smallest absolute Gasteiger partial charge is 0.538 e. The molecule has 7 heteroatoms. The lowest BCUT2D eigenvalue weighted by molar-refractivity contribution is -0.144. The molecule has 0 saturated heterocycles. The molecule has 0 aromatic rings. The van der Waals surface area contributed by atoms with Crippen molar-refractivity contribution in [1.29, 1.82) is 0 Å². The molecule has 3 N–H and O–H groups in total. The van der Waals surface area contributed by atoms with Crippen molar-refractivity contribution < 1.29 is 24.2 Å². The Labute approximate surface area is 144 Å². The highest BCUT2D eigenvalue weighted by atomic mass is 16.6. The second kappa shape index (κ2) is 8.89. The Morgan fingerprint density at radius 3 is 2.00 bits per heavy atom. The van der Waals surface area contributed by atoms with E-state index in [9.17, 15) is 14.4 Å². The van der Waals surface area contributed by atoms with Crippen molar-refractivity contribution in [2.45, 2.75) is 72.6 Å². The average Bonchev–Trinajstić information content (AvgIpc) is 2.41. The third-order valence-electron chi connectivity index (χ3n) is 3.80. The van der Waals surface area contributed by atoms with E-state index >= 15 is 0 Å². The molecular formula is C17H33N2O5+. The molecule has 24 heavy (non-hydrogen) atoms. The number of ether oxygens (including phenoxy) is 1. The fourth-order valence-electron chi connectivity index (χ4n) is 2.26. The van der Waals surface area contributed by atoms with E-state index in [1.54, 1.807) is 34.6 Å². The van der Waals surface area contributed by atoms with Gasteiger partial charge in [-0.2, -0.15) is 0 Å². The first-order valence-corrected chi connectivity index (χ1v) is 8.33. The highest BCUT2D eigenvalue weighted by Gasteiger charge is 2.37. The Kier molecular flexibility index (Phi) is 8.23. The summed E-state index contributed by atoms with van der Waals surface area (Å²) in [6.07, 6.45) is 0.0769. The van der Waals surface area contributed by atoms with Crippen LogP contribution in [0.2, 0.25) is 0 Å². The van der Waals surface area contributed by atoms with E-state index in [-0.39, 0.29) is 11.8 Å². The van der Waals surface area contributed by atoms with Crippen LogP contribution in [0.25, 0.3) is 0 Å². The third kappa shape index (κ3) is 6.76. The summed E-state index contributed by atoms with van der Waals surface area (Å²) in [5, 5.41) is 9.91. The zero-order valence-electron chi connectivity index (χ0n) is 16.1. The molecule has 0 fully saturated rings. The first kappa shape index (κ1) is 22.2. The molecule has 3 atom stereocenters. The predicted molar refractivity (Wildman–Crippen MR) is 92.6 cm³/mol. The fourth-order valence-corrected chi connectivity index (χ4v) is 2.26. The highest BCUT2D eigenvalue weighted by Crippen LogP contribution is 2.18. The van der Waals surface area contributed by atoms with Crippen LogP contribution in [0, 0.1) is 11.8 Å². The maximum Gasteiger partial charge on any atom is 0.538 e. The molecule has 0 rings (SSSR count). The third-order valence-corrected chi connectivity index (χ3v) is 3.80. The molecule has 0 aliphatic carbocycles. The van der Waals surface area contributed by atoms with Crippen LogP contribution < -0.4 is 5.32 Å². The maximum absolute atomic E-state index is 12.7. The van der Waals surface area contributed by atoms with Crippen molar-refractivity contribution >= 4 is 18.0 Å². The molecule has 0 aliphatic heterocycles. The van der Waals surface area contributed by atoms with Crippen molar-refractivity contribution in [3.05, 3.63) is 0 Å². The van der Waals surface area contributed by atoms with E-state index in [1.165, 1.54) is 11.9 Å². The molecule has 0 spiro atoms. The molecule has 140 valence electrons. The van der Waals surface area contributed by atoms with Gasteiger partial charge in [-0.1, -0.05) is 34.1 Å². The lowest BCUT2D eigenvalue weighted by Gasteiger charge is -2.33. The quantitative estimate of drug-likeness (QED) is 0.709. The van der Waals surface area contributed by atoms with E-state index in [0.29, 0.717) is 6.42 Å². The van der Waals surface area contributed by atoms with Crippen LogP contribution in [0.15, 0.2) is 0 Å². The summed E-state index contributed by atoms with van der Waals surface area (Å²) in [5.41, 5.74) is -0.667. The molecule has 0 aromatic carbocycles. The SMILES string of the molecule is CC[C@H](C)[C@@H](C(=O)N[C@H](C(=O)[OH2+])C(C)C)N(C)C(=O)OC(C)(C)C. The number of hydrogen-bond acceptors (Lipinski definition) is 4. The van der Waals surface area contributed by atoms with E-state index in [4.69, 9.17) is 9.84 Å². The largest absolute Gasteiger partial charge is 0.563 e. The zero-order chi connectivity index (χ0) is 19.2. The van der Waals surface area contributed by atoms with Gasteiger partial charge in [0, 0.05) is 11.8 Å². The maximum atomic E-state index is 12.7. The van der Waals surface area contributed by atoms with Gasteiger partial charge in [-0.15, -0.1) is 0 Å². The Bertz CT molecular complexity index is 456. The standard InChI is InChI=1S/C17H32N2O5/c1-9-11(4)13(19(8)16(23)24-17(5,6)7)14(20)18-12(10(2)3)15(21)22/h10-13H,9H2,1-8H3,(H,18,20)(H,21,22)/p+1/t11-,12-,13-/m0/s1. The van der Waals surface area contributed by atoms with Crippen LogP contribution >= 0.6 is 0 Å². The molecule has 0 bridgehead atoms. The van der Waals surface area contributed by atoms with Crippen molar-refractivity contribution in [2.75, 3.05) is 7.05 Å². The Morgan fingerprint density at radius 2 is 1.67 bits per heavy atom. The van der Waals surface area contributed by atoms with Gasteiger partial charge in [0.05, 0.1) is 0 Å². The van der Waals surface area contributed by atoms with Gasteiger partial charge in [0.25, 0.3) is 0 Å². The van der Waals surface area contributed by atoms with Crippen LogP contribution in [0.3, 0.4) is 0 Å². The summed E-state index contributed by atoms with van der Waals surface area (Å²) < 4.78 is 5.33. The number of rotatable bonds is 7. The second-order valence-corrected chi connectivity index (χ2v) is 7.52. The molecule has 7 nitrogen and oxygen atoms in total. The van der Waals surface area contributed by atoms with Gasteiger partial charge in [0.15, 0.2) is 6.04 Å². The predicted octanol–water partition coefficient (Wildman–Crippen LogP) is 1.66. The fraction of sp³-hybridized carbons (Fsp3) is 0.824. The summed E-state index contributed by atoms with van der Waals surface area (Å²) in [6, 6.07) is -1.67. The lowest BCUT2D eigenvalue weighted by atomic mass is 9.96. The van der Waals surface area contributed by atoms with E-state index in [0.717, 1.165) is 0 Å². The number of carbonyl (C=O) groups is 3. The number of nitrogens with one attached hydrogen (secondary N) is 1. The number of hydrogen-bond donors (Lipinski definition) is 1. The van der Waals surface area contributed by atoms with Crippen LogP contribution in [0.5, 0.6) is 0 Å². The molecule has 0 saturated carbocycles. The Balaban J connectivity index is 5.35. The van der Waals surface area contributed by atoms with Crippen molar-refractivity contribution in [3.63, 3.8) is 0 Å². The van der Waals surface area contributed by atoms with Gasteiger partial charge in [0.2, 0.25) is 5.91 Å². The zero-order valence-corrected chi connectivity index (χ0v) is 16.1. The average molecular weight is 345 g/mol. The number of nitrogens with zero attached hydrogens (tertiary/aromatic N) is 1. The molecular weight excluding hydrogens is 312 g/mol. The van der Waals surface area contributed by atoms with Crippen LogP contribution in [-0.2, 0) is 14.3 Å². The summed E-state index contributed by atoms with van der Waals surface area (Å²) in [6.45, 7) is 12.6. The molecule has 0 radical (unpaired) electrons. The van der Waals surface area contributed by atoms with Gasteiger partial charge in [-0.05, 0) is 32.6 Å². The normalized spacial score (nSPS) is 15.4. The first-order chi connectivity index (χ1) is 10.8. The van der Waals surface area contributed by atoms with Crippen molar-refractivity contribution in [3.8, 4) is 0 Å². The molecule has 0 heterocycles. The number of carbonyl (C=O) groups excluding carboxylic acids is 3.